The fourth-order valence-corrected chi connectivity index (χ4v) is 3.07. The zero-order valence-electron chi connectivity index (χ0n) is 11.9. The van der Waals surface area contributed by atoms with Crippen LogP contribution in [-0.2, 0) is 11.3 Å². The van der Waals surface area contributed by atoms with E-state index in [0.717, 1.165) is 17.1 Å². The molecule has 0 aromatic heterocycles. The minimum absolute atomic E-state index is 0.117. The molecule has 4 nitrogen and oxygen atoms in total. The molecule has 0 bridgehead atoms. The largest absolute Gasteiger partial charge is 0.454 e. The van der Waals surface area contributed by atoms with Gasteiger partial charge in [0, 0.05) is 12.5 Å². The second-order valence-corrected chi connectivity index (χ2v) is 5.74. The molecule has 3 rings (SSSR count). The van der Waals surface area contributed by atoms with E-state index in [0.29, 0.717) is 12.5 Å². The Kier molecular flexibility index (Phi) is 3.81. The molecule has 1 unspecified atom stereocenters. The first kappa shape index (κ1) is 13.3. The number of ether oxygens (including phenoxy) is 2. The molecule has 108 valence electrons. The lowest BCUT2D eigenvalue weighted by molar-refractivity contribution is -0.126. The molecule has 1 aromatic carbocycles. The Labute approximate surface area is 119 Å². The third kappa shape index (κ3) is 2.74. The van der Waals surface area contributed by atoms with E-state index in [2.05, 4.69) is 5.32 Å². The molecule has 1 heterocycles. The molecule has 1 aromatic rings. The van der Waals surface area contributed by atoms with E-state index in [1.54, 1.807) is 0 Å². The summed E-state index contributed by atoms with van der Waals surface area (Å²) in [6, 6.07) is 5.79. The Morgan fingerprint density at radius 2 is 2.05 bits per heavy atom. The zero-order chi connectivity index (χ0) is 13.9. The van der Waals surface area contributed by atoms with Crippen molar-refractivity contribution in [2.45, 2.75) is 39.2 Å². The highest BCUT2D eigenvalue weighted by atomic mass is 16.7. The maximum atomic E-state index is 12.2. The standard InChI is InChI=1S/C16H21NO3/c1-11(13-4-2-3-5-13)16(18)17-9-12-6-7-14-15(8-12)20-10-19-14/h6-8,11,13H,2-5,9-10H2,1H3,(H,17,18). The summed E-state index contributed by atoms with van der Waals surface area (Å²) in [5, 5.41) is 3.03. The molecule has 1 N–H and O–H groups in total. The summed E-state index contributed by atoms with van der Waals surface area (Å²) in [6.07, 6.45) is 4.92. The van der Waals surface area contributed by atoms with Gasteiger partial charge in [-0.2, -0.15) is 0 Å². The molecule has 1 amide bonds. The molecule has 1 aliphatic carbocycles. The molecule has 0 spiro atoms. The fraction of sp³-hybridized carbons (Fsp3) is 0.562. The predicted octanol–water partition coefficient (Wildman–Crippen LogP) is 2.86. The van der Waals surface area contributed by atoms with Gasteiger partial charge in [0.15, 0.2) is 11.5 Å². The van der Waals surface area contributed by atoms with Crippen molar-refractivity contribution in [3.05, 3.63) is 23.8 Å². The average Bonchev–Trinajstić information content (AvgIpc) is 3.13. The fourth-order valence-electron chi connectivity index (χ4n) is 3.07. The van der Waals surface area contributed by atoms with Crippen molar-refractivity contribution >= 4 is 5.91 Å². The topological polar surface area (TPSA) is 47.6 Å². The first-order valence-corrected chi connectivity index (χ1v) is 7.40. The Bertz CT molecular complexity index is 494. The average molecular weight is 275 g/mol. The summed E-state index contributed by atoms with van der Waals surface area (Å²) in [4.78, 5) is 12.2. The SMILES string of the molecule is CC(C(=O)NCc1ccc2c(c1)OCO2)C1CCCC1. The molecule has 4 heteroatoms. The van der Waals surface area contributed by atoms with Crippen LogP contribution in [0.15, 0.2) is 18.2 Å². The predicted molar refractivity (Wildman–Crippen MR) is 75.5 cm³/mol. The first-order valence-electron chi connectivity index (χ1n) is 7.40. The smallest absolute Gasteiger partial charge is 0.231 e. The van der Waals surface area contributed by atoms with Crippen molar-refractivity contribution in [2.75, 3.05) is 6.79 Å². The number of hydrogen-bond donors (Lipinski definition) is 1. The van der Waals surface area contributed by atoms with Crippen LogP contribution in [0.5, 0.6) is 11.5 Å². The Morgan fingerprint density at radius 3 is 2.85 bits per heavy atom. The highest BCUT2D eigenvalue weighted by molar-refractivity contribution is 5.78. The molecule has 1 saturated carbocycles. The van der Waals surface area contributed by atoms with Gasteiger partial charge in [0.2, 0.25) is 12.7 Å². The van der Waals surface area contributed by atoms with E-state index in [-0.39, 0.29) is 18.6 Å². The van der Waals surface area contributed by atoms with Crippen molar-refractivity contribution in [3.8, 4) is 11.5 Å². The number of benzene rings is 1. The monoisotopic (exact) mass is 275 g/mol. The Morgan fingerprint density at radius 1 is 1.30 bits per heavy atom. The Balaban J connectivity index is 1.54. The van der Waals surface area contributed by atoms with Crippen molar-refractivity contribution in [3.63, 3.8) is 0 Å². The maximum Gasteiger partial charge on any atom is 0.231 e. The van der Waals surface area contributed by atoms with Gasteiger partial charge >= 0.3 is 0 Å². The summed E-state index contributed by atoms with van der Waals surface area (Å²) in [5.41, 5.74) is 1.04. The van der Waals surface area contributed by atoms with Crippen LogP contribution in [-0.4, -0.2) is 12.7 Å². The zero-order valence-corrected chi connectivity index (χ0v) is 11.9. The molecular weight excluding hydrogens is 254 g/mol. The number of carbonyl (C=O) groups excluding carboxylic acids is 1. The number of fused-ring (bicyclic) bond motifs is 1. The van der Waals surface area contributed by atoms with Crippen LogP contribution in [0.1, 0.15) is 38.2 Å². The van der Waals surface area contributed by atoms with Gasteiger partial charge < -0.3 is 14.8 Å². The van der Waals surface area contributed by atoms with Gasteiger partial charge in [-0.25, -0.2) is 0 Å². The lowest BCUT2D eigenvalue weighted by Crippen LogP contribution is -2.32. The molecule has 1 aliphatic heterocycles. The number of nitrogens with one attached hydrogen (secondary N) is 1. The highest BCUT2D eigenvalue weighted by Crippen LogP contribution is 2.33. The highest BCUT2D eigenvalue weighted by Gasteiger charge is 2.26. The molecule has 2 aliphatic rings. The van der Waals surface area contributed by atoms with Crippen LogP contribution >= 0.6 is 0 Å². The van der Waals surface area contributed by atoms with Gasteiger partial charge in [0.05, 0.1) is 0 Å². The van der Waals surface area contributed by atoms with E-state index in [1.165, 1.54) is 25.7 Å². The van der Waals surface area contributed by atoms with Crippen LogP contribution in [0.4, 0.5) is 0 Å². The summed E-state index contributed by atoms with van der Waals surface area (Å²) in [6.45, 7) is 2.88. The number of hydrogen-bond acceptors (Lipinski definition) is 3. The summed E-state index contributed by atoms with van der Waals surface area (Å²) in [5.74, 6) is 2.38. The molecule has 1 fully saturated rings. The first-order chi connectivity index (χ1) is 9.74. The molecule has 0 radical (unpaired) electrons. The van der Waals surface area contributed by atoms with Gasteiger partial charge in [-0.3, -0.25) is 4.79 Å². The maximum absolute atomic E-state index is 12.2. The van der Waals surface area contributed by atoms with Gasteiger partial charge in [0.25, 0.3) is 0 Å². The van der Waals surface area contributed by atoms with E-state index >= 15 is 0 Å². The van der Waals surface area contributed by atoms with Crippen LogP contribution in [0.25, 0.3) is 0 Å². The number of carbonyl (C=O) groups is 1. The van der Waals surface area contributed by atoms with Gasteiger partial charge in [-0.15, -0.1) is 0 Å². The molecule has 20 heavy (non-hydrogen) atoms. The van der Waals surface area contributed by atoms with E-state index < -0.39 is 0 Å². The second-order valence-electron chi connectivity index (χ2n) is 5.74. The third-order valence-corrected chi connectivity index (χ3v) is 4.42. The quantitative estimate of drug-likeness (QED) is 0.919. The van der Waals surface area contributed by atoms with Crippen LogP contribution in [0.3, 0.4) is 0 Å². The van der Waals surface area contributed by atoms with Crippen molar-refractivity contribution < 1.29 is 14.3 Å². The Hall–Kier alpha value is -1.71. The van der Waals surface area contributed by atoms with E-state index in [1.807, 2.05) is 25.1 Å². The minimum Gasteiger partial charge on any atom is -0.454 e. The lowest BCUT2D eigenvalue weighted by atomic mass is 9.92. The normalized spacial score (nSPS) is 19.1. The summed E-state index contributed by atoms with van der Waals surface area (Å²) >= 11 is 0. The lowest BCUT2D eigenvalue weighted by Gasteiger charge is -2.18. The number of rotatable bonds is 4. The van der Waals surface area contributed by atoms with Crippen LogP contribution in [0, 0.1) is 11.8 Å². The number of amides is 1. The van der Waals surface area contributed by atoms with Gasteiger partial charge in [-0.1, -0.05) is 25.8 Å². The third-order valence-electron chi connectivity index (χ3n) is 4.42. The molecular formula is C16H21NO3. The van der Waals surface area contributed by atoms with Crippen molar-refractivity contribution in [1.82, 2.24) is 5.32 Å². The molecule has 0 saturated heterocycles. The van der Waals surface area contributed by atoms with Gasteiger partial charge in [0.1, 0.15) is 0 Å². The van der Waals surface area contributed by atoms with E-state index in [4.69, 9.17) is 9.47 Å². The van der Waals surface area contributed by atoms with E-state index in [9.17, 15) is 4.79 Å². The summed E-state index contributed by atoms with van der Waals surface area (Å²) < 4.78 is 10.6. The van der Waals surface area contributed by atoms with Crippen LogP contribution < -0.4 is 14.8 Å². The minimum atomic E-state index is 0.117. The molecule has 1 atom stereocenters. The van der Waals surface area contributed by atoms with Crippen LogP contribution in [0.2, 0.25) is 0 Å². The van der Waals surface area contributed by atoms with Crippen molar-refractivity contribution in [1.29, 1.82) is 0 Å². The van der Waals surface area contributed by atoms with Gasteiger partial charge in [-0.05, 0) is 36.5 Å². The second kappa shape index (κ2) is 5.73. The van der Waals surface area contributed by atoms with Crippen molar-refractivity contribution in [2.24, 2.45) is 11.8 Å². The summed E-state index contributed by atoms with van der Waals surface area (Å²) in [7, 11) is 0.